The Bertz CT molecular complexity index is 821. The van der Waals surface area contributed by atoms with Gasteiger partial charge in [-0.15, -0.1) is 0 Å². The molecule has 0 spiro atoms. The van der Waals surface area contributed by atoms with Crippen molar-refractivity contribution in [2.24, 2.45) is 0 Å². The van der Waals surface area contributed by atoms with Crippen LogP contribution in [-0.4, -0.2) is 30.5 Å². The summed E-state index contributed by atoms with van der Waals surface area (Å²) in [6.45, 7) is 3.15. The molecule has 142 valence electrons. The number of hydrogen-bond acceptors (Lipinski definition) is 5. The van der Waals surface area contributed by atoms with Gasteiger partial charge in [0, 0.05) is 0 Å². The second-order valence-electron chi connectivity index (χ2n) is 5.75. The lowest BCUT2D eigenvalue weighted by molar-refractivity contribution is -0.125. The van der Waals surface area contributed by atoms with E-state index in [1.807, 2.05) is 24.7 Å². The monoisotopic (exact) mass is 374 g/mol. The van der Waals surface area contributed by atoms with Gasteiger partial charge < -0.3 is 9.47 Å². The third-order valence-electron chi connectivity index (χ3n) is 3.23. The Hall–Kier alpha value is -3.42. The second kappa shape index (κ2) is 9.33. The Balaban J connectivity index is 1.78. The topological polar surface area (TPSA) is 93.7 Å². The SMILES string of the molecule is CC(C)Oc1ccc(C(=O)OCC(=O)NNC(=O)c2ccccc2F)cc1. The van der Waals surface area contributed by atoms with E-state index in [-0.39, 0.29) is 17.2 Å². The first kappa shape index (κ1) is 19.9. The molecule has 0 radical (unpaired) electrons. The molecule has 0 heterocycles. The first-order valence-electron chi connectivity index (χ1n) is 8.14. The summed E-state index contributed by atoms with van der Waals surface area (Å²) in [4.78, 5) is 35.3. The van der Waals surface area contributed by atoms with Gasteiger partial charge in [0.05, 0.1) is 17.2 Å². The Kier molecular flexibility index (Phi) is 6.87. The number of carbonyl (C=O) groups excluding carboxylic acids is 3. The van der Waals surface area contributed by atoms with Gasteiger partial charge in [-0.3, -0.25) is 20.4 Å². The van der Waals surface area contributed by atoms with Crippen LogP contribution in [0.5, 0.6) is 5.75 Å². The molecule has 2 rings (SSSR count). The van der Waals surface area contributed by atoms with Crippen molar-refractivity contribution in [3.05, 3.63) is 65.5 Å². The van der Waals surface area contributed by atoms with Crippen LogP contribution in [0.3, 0.4) is 0 Å². The minimum atomic E-state index is -0.825. The zero-order valence-corrected chi connectivity index (χ0v) is 14.8. The van der Waals surface area contributed by atoms with Gasteiger partial charge in [0.25, 0.3) is 11.8 Å². The van der Waals surface area contributed by atoms with E-state index in [4.69, 9.17) is 9.47 Å². The molecule has 0 fully saturated rings. The van der Waals surface area contributed by atoms with Crippen LogP contribution in [0.15, 0.2) is 48.5 Å². The van der Waals surface area contributed by atoms with E-state index in [0.29, 0.717) is 5.75 Å². The number of ether oxygens (including phenoxy) is 2. The van der Waals surface area contributed by atoms with Crippen molar-refractivity contribution in [2.75, 3.05) is 6.61 Å². The van der Waals surface area contributed by atoms with Crippen LogP contribution in [0.2, 0.25) is 0 Å². The van der Waals surface area contributed by atoms with E-state index in [1.54, 1.807) is 12.1 Å². The number of hydrazine groups is 1. The molecule has 0 aromatic heterocycles. The highest BCUT2D eigenvalue weighted by molar-refractivity contribution is 5.96. The molecule has 2 aromatic rings. The molecule has 0 atom stereocenters. The number of amides is 2. The van der Waals surface area contributed by atoms with Gasteiger partial charge in [-0.05, 0) is 50.2 Å². The number of carbonyl (C=O) groups is 3. The van der Waals surface area contributed by atoms with Gasteiger partial charge >= 0.3 is 5.97 Å². The van der Waals surface area contributed by atoms with Crippen LogP contribution in [0, 0.1) is 5.82 Å². The minimum Gasteiger partial charge on any atom is -0.491 e. The van der Waals surface area contributed by atoms with Crippen LogP contribution < -0.4 is 15.6 Å². The van der Waals surface area contributed by atoms with E-state index in [0.717, 1.165) is 6.07 Å². The van der Waals surface area contributed by atoms with Gasteiger partial charge in [0.15, 0.2) is 6.61 Å². The predicted octanol–water partition coefficient (Wildman–Crippen LogP) is 2.23. The Morgan fingerprint density at radius 1 is 1.00 bits per heavy atom. The molecule has 0 saturated heterocycles. The third kappa shape index (κ3) is 6.10. The van der Waals surface area contributed by atoms with E-state index < -0.39 is 30.2 Å². The summed E-state index contributed by atoms with van der Waals surface area (Å²) < 4.78 is 23.8. The average molecular weight is 374 g/mol. The van der Waals surface area contributed by atoms with Crippen molar-refractivity contribution in [3.8, 4) is 5.75 Å². The Morgan fingerprint density at radius 2 is 1.67 bits per heavy atom. The maximum atomic E-state index is 13.5. The molecule has 0 aliphatic heterocycles. The molecule has 0 aliphatic rings. The van der Waals surface area contributed by atoms with Crippen LogP contribution in [0.25, 0.3) is 0 Å². The van der Waals surface area contributed by atoms with Crippen molar-refractivity contribution in [3.63, 3.8) is 0 Å². The number of hydrogen-bond donors (Lipinski definition) is 2. The molecule has 0 unspecified atom stereocenters. The summed E-state index contributed by atoms with van der Waals surface area (Å²) in [5, 5.41) is 0. The minimum absolute atomic E-state index is 0.00562. The summed E-state index contributed by atoms with van der Waals surface area (Å²) in [5.41, 5.74) is 4.11. The van der Waals surface area contributed by atoms with Crippen LogP contribution in [0.1, 0.15) is 34.6 Å². The van der Waals surface area contributed by atoms with E-state index in [9.17, 15) is 18.8 Å². The lowest BCUT2D eigenvalue weighted by atomic mass is 10.2. The summed E-state index contributed by atoms with van der Waals surface area (Å²) in [7, 11) is 0. The van der Waals surface area contributed by atoms with Crippen LogP contribution in [-0.2, 0) is 9.53 Å². The van der Waals surface area contributed by atoms with E-state index in [2.05, 4.69) is 0 Å². The number of benzene rings is 2. The molecule has 2 aromatic carbocycles. The third-order valence-corrected chi connectivity index (χ3v) is 3.23. The smallest absolute Gasteiger partial charge is 0.338 e. The van der Waals surface area contributed by atoms with Gasteiger partial charge in [-0.2, -0.15) is 0 Å². The molecule has 2 amide bonds. The number of esters is 1. The van der Waals surface area contributed by atoms with Crippen molar-refractivity contribution in [2.45, 2.75) is 20.0 Å². The fourth-order valence-corrected chi connectivity index (χ4v) is 2.03. The zero-order valence-electron chi connectivity index (χ0n) is 14.8. The summed E-state index contributed by atoms with van der Waals surface area (Å²) in [6.07, 6.45) is 0.00562. The quantitative estimate of drug-likeness (QED) is 0.597. The highest BCUT2D eigenvalue weighted by Crippen LogP contribution is 2.14. The van der Waals surface area contributed by atoms with Crippen LogP contribution in [0.4, 0.5) is 4.39 Å². The maximum Gasteiger partial charge on any atom is 0.338 e. The van der Waals surface area contributed by atoms with Crippen LogP contribution >= 0.6 is 0 Å². The summed E-state index contributed by atoms with van der Waals surface area (Å²) in [6, 6.07) is 11.6. The lowest BCUT2D eigenvalue weighted by Gasteiger charge is -2.10. The molecular weight excluding hydrogens is 355 g/mol. The Labute approximate surface area is 155 Å². The van der Waals surface area contributed by atoms with Crippen molar-refractivity contribution >= 4 is 17.8 Å². The molecule has 2 N–H and O–H groups in total. The highest BCUT2D eigenvalue weighted by Gasteiger charge is 2.13. The molecule has 8 heteroatoms. The molecule has 7 nitrogen and oxygen atoms in total. The van der Waals surface area contributed by atoms with Crippen molar-refractivity contribution < 1.29 is 28.2 Å². The maximum absolute atomic E-state index is 13.5. The summed E-state index contributed by atoms with van der Waals surface area (Å²) >= 11 is 0. The highest BCUT2D eigenvalue weighted by atomic mass is 19.1. The first-order chi connectivity index (χ1) is 12.9. The van der Waals surface area contributed by atoms with Gasteiger partial charge in [0.2, 0.25) is 0 Å². The van der Waals surface area contributed by atoms with E-state index >= 15 is 0 Å². The van der Waals surface area contributed by atoms with Gasteiger partial charge in [0.1, 0.15) is 11.6 Å². The van der Waals surface area contributed by atoms with E-state index in [1.165, 1.54) is 30.3 Å². The fourth-order valence-electron chi connectivity index (χ4n) is 2.03. The molecular formula is C19H19FN2O5. The largest absolute Gasteiger partial charge is 0.491 e. The summed E-state index contributed by atoms with van der Waals surface area (Å²) in [5.74, 6) is -2.42. The predicted molar refractivity (Wildman–Crippen MR) is 94.5 cm³/mol. The Morgan fingerprint density at radius 3 is 2.30 bits per heavy atom. The standard InChI is InChI=1S/C19H19FN2O5/c1-12(2)27-14-9-7-13(8-10-14)19(25)26-11-17(23)21-22-18(24)15-5-3-4-6-16(15)20/h3-10,12H,11H2,1-2H3,(H,21,23)(H,22,24). The zero-order chi connectivity index (χ0) is 19.8. The van der Waals surface area contributed by atoms with Crippen molar-refractivity contribution in [1.29, 1.82) is 0 Å². The number of halogens is 1. The molecule has 27 heavy (non-hydrogen) atoms. The fraction of sp³-hybridized carbons (Fsp3) is 0.211. The van der Waals surface area contributed by atoms with Crippen molar-refractivity contribution in [1.82, 2.24) is 10.9 Å². The normalized spacial score (nSPS) is 10.2. The molecule has 0 bridgehead atoms. The molecule has 0 aliphatic carbocycles. The first-order valence-corrected chi connectivity index (χ1v) is 8.14. The van der Waals surface area contributed by atoms with Gasteiger partial charge in [-0.1, -0.05) is 12.1 Å². The lowest BCUT2D eigenvalue weighted by Crippen LogP contribution is -2.43. The molecule has 0 saturated carbocycles. The number of rotatable bonds is 6. The average Bonchev–Trinajstić information content (AvgIpc) is 2.64. The van der Waals surface area contributed by atoms with Gasteiger partial charge in [-0.25, -0.2) is 9.18 Å². The number of nitrogens with one attached hydrogen (secondary N) is 2. The second-order valence-corrected chi connectivity index (χ2v) is 5.75.